The number of nitrogens with one attached hydrogen (secondary N) is 1. The summed E-state index contributed by atoms with van der Waals surface area (Å²) in [5.74, 6) is -0.352. The highest BCUT2D eigenvalue weighted by molar-refractivity contribution is 5.88. The lowest BCUT2D eigenvalue weighted by Crippen LogP contribution is -2.51. The van der Waals surface area contributed by atoms with Gasteiger partial charge < -0.3 is 4.74 Å². The molecule has 0 saturated carbocycles. The molecule has 2 unspecified atom stereocenters. The van der Waals surface area contributed by atoms with E-state index in [9.17, 15) is 4.79 Å². The second kappa shape index (κ2) is 6.81. The zero-order chi connectivity index (χ0) is 14.5. The minimum Gasteiger partial charge on any atom is -0.465 e. The summed E-state index contributed by atoms with van der Waals surface area (Å²) in [7, 11) is 1.37. The Kier molecular flexibility index (Phi) is 5.09. The predicted molar refractivity (Wildman–Crippen MR) is 77.0 cm³/mol. The monoisotopic (exact) mass is 277 g/mol. The topological polar surface area (TPSA) is 54.5 Å². The van der Waals surface area contributed by atoms with Gasteiger partial charge in [-0.15, -0.1) is 0 Å². The number of nitrogens with zero attached hydrogens (tertiary/aromatic N) is 2. The van der Waals surface area contributed by atoms with Crippen LogP contribution in [0.4, 0.5) is 0 Å². The smallest absolute Gasteiger partial charge is 0.339 e. The molecule has 2 atom stereocenters. The first-order chi connectivity index (χ1) is 9.61. The molecule has 1 aromatic rings. The highest BCUT2D eigenvalue weighted by atomic mass is 16.5. The van der Waals surface area contributed by atoms with Crippen molar-refractivity contribution in [1.82, 2.24) is 15.4 Å². The van der Waals surface area contributed by atoms with Crippen molar-refractivity contribution in [1.29, 1.82) is 0 Å². The Morgan fingerprint density at radius 2 is 2.10 bits per heavy atom. The Morgan fingerprint density at radius 3 is 2.65 bits per heavy atom. The number of ether oxygens (including phenoxy) is 1. The summed E-state index contributed by atoms with van der Waals surface area (Å²) in [6.07, 6.45) is 5.32. The molecule has 2 rings (SSSR count). The van der Waals surface area contributed by atoms with Crippen molar-refractivity contribution < 1.29 is 9.53 Å². The van der Waals surface area contributed by atoms with Crippen molar-refractivity contribution in [2.45, 2.75) is 51.7 Å². The van der Waals surface area contributed by atoms with Gasteiger partial charge in [0.1, 0.15) is 0 Å². The lowest BCUT2D eigenvalue weighted by Gasteiger charge is -2.39. The molecule has 0 radical (unpaired) electrons. The van der Waals surface area contributed by atoms with E-state index < -0.39 is 0 Å². The second-order valence-electron chi connectivity index (χ2n) is 5.40. The van der Waals surface area contributed by atoms with Gasteiger partial charge in [-0.25, -0.2) is 15.2 Å². The number of hydrazine groups is 1. The van der Waals surface area contributed by atoms with Crippen molar-refractivity contribution >= 4 is 5.97 Å². The van der Waals surface area contributed by atoms with Crippen LogP contribution in [0.5, 0.6) is 0 Å². The first kappa shape index (κ1) is 14.9. The predicted octanol–water partition coefficient (Wildman–Crippen LogP) is 2.14. The molecule has 1 aliphatic heterocycles. The van der Waals surface area contributed by atoms with Crippen molar-refractivity contribution in [3.8, 4) is 0 Å². The maximum atomic E-state index is 11.3. The fraction of sp³-hybridized carbons (Fsp3) is 0.600. The fourth-order valence-electron chi connectivity index (χ4n) is 2.67. The number of esters is 1. The molecule has 5 nitrogen and oxygen atoms in total. The van der Waals surface area contributed by atoms with E-state index in [2.05, 4.69) is 34.0 Å². The molecule has 110 valence electrons. The highest BCUT2D eigenvalue weighted by Crippen LogP contribution is 2.20. The van der Waals surface area contributed by atoms with Crippen LogP contribution in [0.25, 0.3) is 0 Å². The van der Waals surface area contributed by atoms with Crippen molar-refractivity contribution in [3.63, 3.8) is 0 Å². The first-order valence-electron chi connectivity index (χ1n) is 7.17. The Bertz CT molecular complexity index is 437. The number of carbonyl (C=O) groups excluding carboxylic acids is 1. The van der Waals surface area contributed by atoms with Crippen LogP contribution >= 0.6 is 0 Å². The molecule has 5 heteroatoms. The van der Waals surface area contributed by atoms with E-state index in [1.807, 2.05) is 6.07 Å². The number of carbonyl (C=O) groups is 1. The van der Waals surface area contributed by atoms with Gasteiger partial charge in [0.15, 0.2) is 0 Å². The van der Waals surface area contributed by atoms with Gasteiger partial charge in [-0.3, -0.25) is 4.98 Å². The van der Waals surface area contributed by atoms with Crippen LogP contribution in [0.1, 0.15) is 49.2 Å². The molecule has 1 aromatic heterocycles. The van der Waals surface area contributed by atoms with Gasteiger partial charge in [0, 0.05) is 18.3 Å². The number of piperidine rings is 1. The maximum absolute atomic E-state index is 11.3. The SMILES string of the molecule is COC(=O)c1ccc(CNN2C(C)CCCC2C)nc1. The van der Waals surface area contributed by atoms with E-state index in [0.717, 1.165) is 5.69 Å². The Hall–Kier alpha value is -1.46. The van der Waals surface area contributed by atoms with E-state index in [1.54, 1.807) is 12.3 Å². The van der Waals surface area contributed by atoms with Crippen molar-refractivity contribution in [3.05, 3.63) is 29.6 Å². The number of pyridine rings is 1. The van der Waals surface area contributed by atoms with Gasteiger partial charge in [-0.2, -0.15) is 0 Å². The van der Waals surface area contributed by atoms with Crippen LogP contribution in [0.15, 0.2) is 18.3 Å². The molecule has 1 aliphatic rings. The first-order valence-corrected chi connectivity index (χ1v) is 7.17. The van der Waals surface area contributed by atoms with Gasteiger partial charge >= 0.3 is 5.97 Å². The van der Waals surface area contributed by atoms with Crippen LogP contribution in [-0.2, 0) is 11.3 Å². The lowest BCUT2D eigenvalue weighted by molar-refractivity contribution is 0.0431. The average Bonchev–Trinajstić information content (AvgIpc) is 2.46. The third-order valence-electron chi connectivity index (χ3n) is 3.88. The summed E-state index contributed by atoms with van der Waals surface area (Å²) in [6, 6.07) is 4.71. The van der Waals surface area contributed by atoms with Crippen LogP contribution in [0.3, 0.4) is 0 Å². The highest BCUT2D eigenvalue weighted by Gasteiger charge is 2.24. The quantitative estimate of drug-likeness (QED) is 0.855. The molecule has 0 aromatic carbocycles. The molecule has 1 fully saturated rings. The third-order valence-corrected chi connectivity index (χ3v) is 3.88. The molecule has 0 aliphatic carbocycles. The Morgan fingerprint density at radius 1 is 1.40 bits per heavy atom. The average molecular weight is 277 g/mol. The van der Waals surface area contributed by atoms with Crippen molar-refractivity contribution in [2.24, 2.45) is 0 Å². The van der Waals surface area contributed by atoms with Gasteiger partial charge in [-0.1, -0.05) is 6.42 Å². The van der Waals surface area contributed by atoms with E-state index in [0.29, 0.717) is 24.2 Å². The molecule has 1 N–H and O–H groups in total. The van der Waals surface area contributed by atoms with Gasteiger partial charge in [0.05, 0.1) is 24.9 Å². The van der Waals surface area contributed by atoms with Crippen molar-refractivity contribution in [2.75, 3.05) is 7.11 Å². The fourth-order valence-corrected chi connectivity index (χ4v) is 2.67. The number of hydrogen-bond donors (Lipinski definition) is 1. The van der Waals surface area contributed by atoms with E-state index >= 15 is 0 Å². The number of methoxy groups -OCH3 is 1. The molecule has 0 amide bonds. The maximum Gasteiger partial charge on any atom is 0.339 e. The minimum absolute atomic E-state index is 0.352. The molecular weight excluding hydrogens is 254 g/mol. The zero-order valence-corrected chi connectivity index (χ0v) is 12.4. The Labute approximate surface area is 120 Å². The van der Waals surface area contributed by atoms with Crippen LogP contribution in [0, 0.1) is 0 Å². The molecular formula is C15H23N3O2. The third kappa shape index (κ3) is 3.55. The summed E-state index contributed by atoms with van der Waals surface area (Å²) < 4.78 is 4.66. The number of rotatable bonds is 4. The van der Waals surface area contributed by atoms with Crippen LogP contribution in [-0.4, -0.2) is 35.2 Å². The normalized spacial score (nSPS) is 23.6. The summed E-state index contributed by atoms with van der Waals surface area (Å²) in [4.78, 5) is 15.6. The lowest BCUT2D eigenvalue weighted by atomic mass is 10.00. The second-order valence-corrected chi connectivity index (χ2v) is 5.40. The summed E-state index contributed by atoms with van der Waals surface area (Å²) in [6.45, 7) is 5.17. The van der Waals surface area contributed by atoms with E-state index in [4.69, 9.17) is 0 Å². The van der Waals surface area contributed by atoms with Gasteiger partial charge in [0.25, 0.3) is 0 Å². The summed E-state index contributed by atoms with van der Waals surface area (Å²) >= 11 is 0. The van der Waals surface area contributed by atoms with E-state index in [1.165, 1.54) is 26.4 Å². The van der Waals surface area contributed by atoms with Gasteiger partial charge in [0.2, 0.25) is 0 Å². The zero-order valence-electron chi connectivity index (χ0n) is 12.4. The van der Waals surface area contributed by atoms with Gasteiger partial charge in [-0.05, 0) is 38.8 Å². The molecule has 0 spiro atoms. The largest absolute Gasteiger partial charge is 0.465 e. The van der Waals surface area contributed by atoms with Crippen LogP contribution < -0.4 is 5.43 Å². The molecule has 1 saturated heterocycles. The minimum atomic E-state index is -0.352. The molecule has 0 bridgehead atoms. The summed E-state index contributed by atoms with van der Waals surface area (Å²) in [5, 5.41) is 2.32. The number of hydrogen-bond acceptors (Lipinski definition) is 5. The molecule has 20 heavy (non-hydrogen) atoms. The number of aromatic nitrogens is 1. The Balaban J connectivity index is 1.92. The standard InChI is InChI=1S/C15H23N3O2/c1-11-5-4-6-12(2)18(11)17-10-14-8-7-13(9-16-14)15(19)20-3/h7-9,11-12,17H,4-6,10H2,1-3H3. The van der Waals surface area contributed by atoms with E-state index in [-0.39, 0.29) is 5.97 Å². The molecule has 2 heterocycles. The summed E-state index contributed by atoms with van der Waals surface area (Å²) in [5.41, 5.74) is 4.86. The van der Waals surface area contributed by atoms with Crippen LogP contribution in [0.2, 0.25) is 0 Å².